The molecule has 1 aromatic carbocycles. The zero-order chi connectivity index (χ0) is 13.5. The quantitative estimate of drug-likeness (QED) is 0.726. The number of hydrogen-bond acceptors (Lipinski definition) is 2. The van der Waals surface area contributed by atoms with Gasteiger partial charge in [0.2, 0.25) is 0 Å². The van der Waals surface area contributed by atoms with E-state index in [1.807, 2.05) is 12.1 Å². The molecule has 0 spiro atoms. The molecular formula is C16H27NO. The Hall–Kier alpha value is -1.02. The lowest BCUT2D eigenvalue weighted by molar-refractivity contribution is 0.161. The van der Waals surface area contributed by atoms with Crippen molar-refractivity contribution in [2.45, 2.75) is 59.0 Å². The molecular weight excluding hydrogens is 222 g/mol. The highest BCUT2D eigenvalue weighted by molar-refractivity contribution is 5.29. The lowest BCUT2D eigenvalue weighted by Gasteiger charge is -2.33. The van der Waals surface area contributed by atoms with Crippen LogP contribution in [0.2, 0.25) is 0 Å². The van der Waals surface area contributed by atoms with Crippen LogP contribution in [-0.4, -0.2) is 22.6 Å². The Kier molecular flexibility index (Phi) is 6.20. The summed E-state index contributed by atoms with van der Waals surface area (Å²) in [5.41, 5.74) is 1.19. The highest BCUT2D eigenvalue weighted by Gasteiger charge is 2.18. The van der Waals surface area contributed by atoms with Crippen molar-refractivity contribution in [2.75, 3.05) is 6.54 Å². The van der Waals surface area contributed by atoms with E-state index >= 15 is 0 Å². The molecule has 0 aliphatic heterocycles. The Labute approximate surface area is 112 Å². The molecule has 18 heavy (non-hydrogen) atoms. The molecule has 0 heterocycles. The maximum absolute atomic E-state index is 9.58. The first-order valence-electron chi connectivity index (χ1n) is 7.11. The first-order valence-corrected chi connectivity index (χ1v) is 7.11. The number of hydrogen-bond donors (Lipinski definition) is 1. The van der Waals surface area contributed by atoms with Crippen LogP contribution >= 0.6 is 0 Å². The molecule has 2 heteroatoms. The molecule has 1 N–H and O–H groups in total. The molecule has 0 saturated carbocycles. The van der Waals surface area contributed by atoms with Crippen molar-refractivity contribution in [1.82, 2.24) is 4.90 Å². The van der Waals surface area contributed by atoms with E-state index in [1.165, 1.54) is 24.8 Å². The molecule has 0 aromatic heterocycles. The molecule has 0 radical (unpaired) electrons. The molecule has 102 valence electrons. The SMILES string of the molecule is CCCCCN(C(C)C)C(C)c1cccc(O)c1. The Morgan fingerprint density at radius 2 is 1.89 bits per heavy atom. The molecule has 0 amide bonds. The Morgan fingerprint density at radius 1 is 1.17 bits per heavy atom. The summed E-state index contributed by atoms with van der Waals surface area (Å²) >= 11 is 0. The molecule has 0 aliphatic rings. The average Bonchev–Trinajstić information content (AvgIpc) is 2.33. The molecule has 2 nitrogen and oxygen atoms in total. The minimum Gasteiger partial charge on any atom is -0.508 e. The number of unbranched alkanes of at least 4 members (excludes halogenated alkanes) is 2. The van der Waals surface area contributed by atoms with Crippen molar-refractivity contribution in [3.8, 4) is 5.75 Å². The topological polar surface area (TPSA) is 23.5 Å². The number of rotatable bonds is 7. The summed E-state index contributed by atoms with van der Waals surface area (Å²) in [4.78, 5) is 2.50. The number of phenolic OH excluding ortho intramolecular Hbond substituents is 1. The van der Waals surface area contributed by atoms with Gasteiger partial charge in [-0.25, -0.2) is 0 Å². The second-order valence-corrected chi connectivity index (χ2v) is 5.31. The summed E-state index contributed by atoms with van der Waals surface area (Å²) in [6.07, 6.45) is 3.79. The summed E-state index contributed by atoms with van der Waals surface area (Å²) < 4.78 is 0. The number of nitrogens with zero attached hydrogens (tertiary/aromatic N) is 1. The summed E-state index contributed by atoms with van der Waals surface area (Å²) in [5.74, 6) is 0.358. The largest absolute Gasteiger partial charge is 0.508 e. The van der Waals surface area contributed by atoms with Crippen LogP contribution in [0.1, 0.15) is 58.6 Å². The average molecular weight is 249 g/mol. The third kappa shape index (κ3) is 4.34. The van der Waals surface area contributed by atoms with Crippen molar-refractivity contribution < 1.29 is 5.11 Å². The van der Waals surface area contributed by atoms with Crippen LogP contribution in [0.4, 0.5) is 0 Å². The van der Waals surface area contributed by atoms with Crippen LogP contribution in [-0.2, 0) is 0 Å². The van der Waals surface area contributed by atoms with E-state index in [2.05, 4.69) is 38.7 Å². The Bertz CT molecular complexity index is 349. The van der Waals surface area contributed by atoms with E-state index < -0.39 is 0 Å². The van der Waals surface area contributed by atoms with E-state index in [4.69, 9.17) is 0 Å². The minimum absolute atomic E-state index is 0.356. The van der Waals surface area contributed by atoms with E-state index in [9.17, 15) is 5.11 Å². The normalized spacial score (nSPS) is 13.2. The van der Waals surface area contributed by atoms with Crippen LogP contribution < -0.4 is 0 Å². The third-order valence-electron chi connectivity index (χ3n) is 3.53. The van der Waals surface area contributed by atoms with Gasteiger partial charge in [-0.2, -0.15) is 0 Å². The molecule has 1 rings (SSSR count). The van der Waals surface area contributed by atoms with Gasteiger partial charge >= 0.3 is 0 Å². The highest BCUT2D eigenvalue weighted by Crippen LogP contribution is 2.25. The Morgan fingerprint density at radius 3 is 2.44 bits per heavy atom. The Balaban J connectivity index is 2.72. The first kappa shape index (κ1) is 15.0. The van der Waals surface area contributed by atoms with Crippen molar-refractivity contribution in [3.05, 3.63) is 29.8 Å². The van der Waals surface area contributed by atoms with Gasteiger partial charge in [-0.05, 0) is 51.4 Å². The zero-order valence-corrected chi connectivity index (χ0v) is 12.2. The fraction of sp³-hybridized carbons (Fsp3) is 0.625. The molecule has 1 aromatic rings. The van der Waals surface area contributed by atoms with Crippen LogP contribution in [0.15, 0.2) is 24.3 Å². The monoisotopic (exact) mass is 249 g/mol. The second kappa shape index (κ2) is 7.42. The second-order valence-electron chi connectivity index (χ2n) is 5.31. The molecule has 0 fully saturated rings. The van der Waals surface area contributed by atoms with Gasteiger partial charge in [0.25, 0.3) is 0 Å². The lowest BCUT2D eigenvalue weighted by atomic mass is 10.0. The van der Waals surface area contributed by atoms with Gasteiger partial charge < -0.3 is 5.11 Å². The summed E-state index contributed by atoms with van der Waals surface area (Å²) in [6.45, 7) is 10.1. The van der Waals surface area contributed by atoms with Crippen molar-refractivity contribution in [2.24, 2.45) is 0 Å². The van der Waals surface area contributed by atoms with E-state index in [1.54, 1.807) is 6.07 Å². The molecule has 1 atom stereocenters. The molecule has 0 aliphatic carbocycles. The van der Waals surface area contributed by atoms with Gasteiger partial charge in [0.1, 0.15) is 5.75 Å². The molecule has 0 bridgehead atoms. The number of aromatic hydroxyl groups is 1. The molecule has 0 saturated heterocycles. The minimum atomic E-state index is 0.356. The van der Waals surface area contributed by atoms with Crippen LogP contribution in [0.5, 0.6) is 5.75 Å². The van der Waals surface area contributed by atoms with Crippen molar-refractivity contribution >= 4 is 0 Å². The van der Waals surface area contributed by atoms with Gasteiger partial charge in [0.15, 0.2) is 0 Å². The third-order valence-corrected chi connectivity index (χ3v) is 3.53. The standard InChI is InChI=1S/C16H27NO/c1-5-6-7-11-17(13(2)3)14(4)15-9-8-10-16(18)12-15/h8-10,12-14,18H,5-7,11H2,1-4H3. The predicted molar refractivity (Wildman–Crippen MR) is 77.9 cm³/mol. The summed E-state index contributed by atoms with van der Waals surface area (Å²) in [5, 5.41) is 9.58. The zero-order valence-electron chi connectivity index (χ0n) is 12.2. The van der Waals surface area contributed by atoms with Crippen molar-refractivity contribution in [3.63, 3.8) is 0 Å². The van der Waals surface area contributed by atoms with Crippen molar-refractivity contribution in [1.29, 1.82) is 0 Å². The van der Waals surface area contributed by atoms with Gasteiger partial charge in [0.05, 0.1) is 0 Å². The first-order chi connectivity index (χ1) is 8.56. The van der Waals surface area contributed by atoms with Crippen LogP contribution in [0.3, 0.4) is 0 Å². The smallest absolute Gasteiger partial charge is 0.115 e. The molecule has 1 unspecified atom stereocenters. The van der Waals surface area contributed by atoms with Gasteiger partial charge in [-0.3, -0.25) is 4.90 Å². The fourth-order valence-corrected chi connectivity index (χ4v) is 2.42. The highest BCUT2D eigenvalue weighted by atomic mass is 16.3. The van der Waals surface area contributed by atoms with Crippen LogP contribution in [0, 0.1) is 0 Å². The van der Waals surface area contributed by atoms with Crippen LogP contribution in [0.25, 0.3) is 0 Å². The maximum Gasteiger partial charge on any atom is 0.115 e. The van der Waals surface area contributed by atoms with Gasteiger partial charge in [-0.15, -0.1) is 0 Å². The van der Waals surface area contributed by atoms with E-state index in [-0.39, 0.29) is 0 Å². The summed E-state index contributed by atoms with van der Waals surface area (Å²) in [6, 6.07) is 8.51. The fourth-order valence-electron chi connectivity index (χ4n) is 2.42. The number of benzene rings is 1. The maximum atomic E-state index is 9.58. The summed E-state index contributed by atoms with van der Waals surface area (Å²) in [7, 11) is 0. The predicted octanol–water partition coefficient (Wildman–Crippen LogP) is 4.35. The van der Waals surface area contributed by atoms with Gasteiger partial charge in [-0.1, -0.05) is 31.9 Å². The number of phenols is 1. The van der Waals surface area contributed by atoms with Gasteiger partial charge in [0, 0.05) is 12.1 Å². The lowest BCUT2D eigenvalue weighted by Crippen LogP contribution is -2.34. The van der Waals surface area contributed by atoms with E-state index in [0.29, 0.717) is 17.8 Å². The van der Waals surface area contributed by atoms with E-state index in [0.717, 1.165) is 6.54 Å².